The van der Waals surface area contributed by atoms with Gasteiger partial charge in [-0.15, -0.1) is 11.8 Å². The topological polar surface area (TPSA) is 107 Å². The second-order valence-corrected chi connectivity index (χ2v) is 21.8. The first-order valence-corrected chi connectivity index (χ1v) is 21.8. The Kier molecular flexibility index (Phi) is 14.4. The smallest absolute Gasteiger partial charge is 0.407 e. The number of ether oxygens (including phenoxy) is 2. The Bertz CT molecular complexity index is 1540. The summed E-state index contributed by atoms with van der Waals surface area (Å²) in [5, 5.41) is 3.62. The van der Waals surface area contributed by atoms with Gasteiger partial charge in [-0.05, 0) is 58.1 Å². The van der Waals surface area contributed by atoms with Crippen LogP contribution in [-0.4, -0.2) is 87.0 Å². The molecule has 2 aromatic rings. The van der Waals surface area contributed by atoms with Gasteiger partial charge in [0.1, 0.15) is 24.8 Å². The summed E-state index contributed by atoms with van der Waals surface area (Å²) in [5.74, 6) is -0.502. The molecule has 0 unspecified atom stereocenters. The molecule has 0 aromatic heterocycles. The van der Waals surface area contributed by atoms with E-state index >= 15 is 0 Å². The highest BCUT2D eigenvalue weighted by Gasteiger charge is 2.47. The van der Waals surface area contributed by atoms with Gasteiger partial charge in [-0.25, -0.2) is 9.59 Å². The van der Waals surface area contributed by atoms with Crippen molar-refractivity contribution in [2.45, 2.75) is 102 Å². The lowest BCUT2D eigenvalue weighted by atomic mass is 9.95. The van der Waals surface area contributed by atoms with Crippen LogP contribution in [-0.2, 0) is 23.5 Å². The fourth-order valence-electron chi connectivity index (χ4n) is 8.31. The number of thioether (sulfide) groups is 1. The van der Waals surface area contributed by atoms with Gasteiger partial charge in [0.25, 0.3) is 5.91 Å². The monoisotopic (exact) mass is 749 g/mol. The van der Waals surface area contributed by atoms with Gasteiger partial charge in [0, 0.05) is 38.3 Å². The Morgan fingerprint density at radius 3 is 2.12 bits per heavy atom. The molecule has 2 amide bonds. The van der Waals surface area contributed by atoms with Gasteiger partial charge in [-0.3, -0.25) is 9.79 Å². The second kappa shape index (κ2) is 18.1. The number of carbonyl (C=O) groups excluding carboxylic acids is 3. The summed E-state index contributed by atoms with van der Waals surface area (Å²) in [5.41, 5.74) is 4.96. The highest BCUT2D eigenvalue weighted by Crippen LogP contribution is 2.45. The maximum Gasteiger partial charge on any atom is 0.407 e. The van der Waals surface area contributed by atoms with E-state index in [-0.39, 0.29) is 31.0 Å². The van der Waals surface area contributed by atoms with Crippen molar-refractivity contribution >= 4 is 43.1 Å². The van der Waals surface area contributed by atoms with Crippen LogP contribution >= 0.6 is 11.8 Å². The molecule has 284 valence electrons. The van der Waals surface area contributed by atoms with Crippen molar-refractivity contribution in [3.05, 3.63) is 72.3 Å². The number of hydrogen-bond acceptors (Lipinski definition) is 8. The quantitative estimate of drug-likeness (QED) is 0.0925. The number of amides is 2. The summed E-state index contributed by atoms with van der Waals surface area (Å²) >= 11 is 1.50. The molecule has 3 atom stereocenters. The molecule has 52 heavy (non-hydrogen) atoms. The van der Waals surface area contributed by atoms with Gasteiger partial charge >= 0.3 is 12.1 Å². The molecule has 0 bridgehead atoms. The molecular formula is C41H59N3O6SSi. The summed E-state index contributed by atoms with van der Waals surface area (Å²) in [4.78, 5) is 46.6. The van der Waals surface area contributed by atoms with E-state index in [1.54, 1.807) is 14.0 Å². The molecule has 0 saturated carbocycles. The molecule has 2 aromatic carbocycles. The van der Waals surface area contributed by atoms with Gasteiger partial charge in [-0.1, -0.05) is 110 Å². The predicted octanol–water partition coefficient (Wildman–Crippen LogP) is 8.59. The molecule has 4 rings (SSSR count). The SMILES string of the molecule is C=CCOC(=O)[C@H]([C@@H](C)CCO[Si](C(C)C)(C(C)C)C(C)C)N(C)C(=O)[C@]1(C)CSC(CCNC(=O)OCC2c3ccccc3-c3ccccc32)=N1. The summed E-state index contributed by atoms with van der Waals surface area (Å²) in [6.07, 6.45) is 2.11. The van der Waals surface area contributed by atoms with Crippen molar-refractivity contribution in [3.63, 3.8) is 0 Å². The Morgan fingerprint density at radius 2 is 1.56 bits per heavy atom. The minimum Gasteiger partial charge on any atom is -0.460 e. The van der Waals surface area contributed by atoms with Crippen LogP contribution in [0.15, 0.2) is 66.2 Å². The number of nitrogens with zero attached hydrogens (tertiary/aromatic N) is 2. The van der Waals surface area contributed by atoms with E-state index in [1.807, 2.05) is 31.2 Å². The Labute approximate surface area is 316 Å². The van der Waals surface area contributed by atoms with Crippen molar-refractivity contribution in [2.24, 2.45) is 10.9 Å². The van der Waals surface area contributed by atoms with E-state index in [4.69, 9.17) is 18.9 Å². The third-order valence-corrected chi connectivity index (χ3v) is 18.3. The number of rotatable bonds is 18. The van der Waals surface area contributed by atoms with Gasteiger partial charge in [0.2, 0.25) is 0 Å². The lowest BCUT2D eigenvalue weighted by Crippen LogP contribution is -2.54. The number of benzene rings is 2. The highest BCUT2D eigenvalue weighted by atomic mass is 32.2. The summed E-state index contributed by atoms with van der Waals surface area (Å²) < 4.78 is 18.0. The number of alkyl carbamates (subject to hydrolysis) is 1. The van der Waals surface area contributed by atoms with Gasteiger partial charge in [0.05, 0.1) is 5.04 Å². The summed E-state index contributed by atoms with van der Waals surface area (Å²) in [6.45, 7) is 22.1. The lowest BCUT2D eigenvalue weighted by molar-refractivity contribution is -0.157. The first-order chi connectivity index (χ1) is 24.7. The first kappa shape index (κ1) is 41.3. The molecule has 2 aliphatic rings. The third-order valence-electron chi connectivity index (χ3n) is 10.8. The van der Waals surface area contributed by atoms with Crippen molar-refractivity contribution < 1.29 is 28.3 Å². The van der Waals surface area contributed by atoms with Crippen LogP contribution in [0.25, 0.3) is 11.1 Å². The van der Waals surface area contributed by atoms with Crippen LogP contribution in [0.5, 0.6) is 0 Å². The van der Waals surface area contributed by atoms with E-state index in [0.717, 1.165) is 16.2 Å². The van der Waals surface area contributed by atoms with Crippen LogP contribution < -0.4 is 5.32 Å². The number of hydrogen-bond donors (Lipinski definition) is 1. The molecular weight excluding hydrogens is 691 g/mol. The largest absolute Gasteiger partial charge is 0.460 e. The number of aliphatic imine (C=N–C) groups is 1. The van der Waals surface area contributed by atoms with Gasteiger partial charge in [0.15, 0.2) is 8.32 Å². The van der Waals surface area contributed by atoms with E-state index in [1.165, 1.54) is 33.9 Å². The van der Waals surface area contributed by atoms with Crippen LogP contribution in [0.4, 0.5) is 4.79 Å². The van der Waals surface area contributed by atoms with Crippen LogP contribution in [0, 0.1) is 5.92 Å². The number of carbonyl (C=O) groups is 3. The predicted molar refractivity (Wildman–Crippen MR) is 214 cm³/mol. The molecule has 0 fully saturated rings. The standard InChI is InChI=1S/C41H59N3O6SSi/c1-11-23-48-38(45)37(30(8)21-24-50-52(27(2)3,28(4)5)29(6)7)44(10)39(46)41(9)26-51-36(43-41)20-22-42-40(47)49-25-35-33-18-14-12-16-31(33)32-17-13-15-19-34(32)35/h11-19,27-30,35,37H,1,20-26H2,2-10H3,(H,42,47)/t30-,37-,41-/m0/s1. The average molecular weight is 750 g/mol. The minimum absolute atomic E-state index is 0.0136. The normalized spacial score (nSPS) is 18.1. The maximum atomic E-state index is 14.1. The van der Waals surface area contributed by atoms with Crippen molar-refractivity contribution in [2.75, 3.05) is 39.2 Å². The number of esters is 1. The molecule has 1 aliphatic heterocycles. The fourth-order valence-corrected chi connectivity index (χ4v) is 14.9. The van der Waals surface area contributed by atoms with Crippen LogP contribution in [0.3, 0.4) is 0 Å². The first-order valence-electron chi connectivity index (χ1n) is 18.7. The lowest BCUT2D eigenvalue weighted by Gasteiger charge is -2.42. The van der Waals surface area contributed by atoms with Crippen molar-refractivity contribution in [1.82, 2.24) is 10.2 Å². The van der Waals surface area contributed by atoms with Gasteiger partial charge in [-0.2, -0.15) is 0 Å². The van der Waals surface area contributed by atoms with E-state index in [2.05, 4.69) is 77.7 Å². The number of nitrogens with one attached hydrogen (secondary N) is 1. The Morgan fingerprint density at radius 1 is 0.981 bits per heavy atom. The van der Waals surface area contributed by atoms with Gasteiger partial charge < -0.3 is 24.1 Å². The van der Waals surface area contributed by atoms with E-state index in [0.29, 0.717) is 48.4 Å². The van der Waals surface area contributed by atoms with Crippen molar-refractivity contribution in [3.8, 4) is 11.1 Å². The average Bonchev–Trinajstić information content (AvgIpc) is 3.65. The zero-order valence-corrected chi connectivity index (χ0v) is 34.4. The number of likely N-dealkylation sites (N-methyl/N-ethyl adjacent to an activating group) is 1. The Hall–Kier alpha value is -3.41. The highest BCUT2D eigenvalue weighted by molar-refractivity contribution is 8.14. The van der Waals surface area contributed by atoms with E-state index in [9.17, 15) is 14.4 Å². The zero-order valence-electron chi connectivity index (χ0n) is 32.6. The maximum absolute atomic E-state index is 14.1. The fraction of sp³-hybridized carbons (Fsp3) is 0.561. The molecule has 1 heterocycles. The second-order valence-electron chi connectivity index (χ2n) is 15.3. The van der Waals surface area contributed by atoms with Crippen LogP contribution in [0.2, 0.25) is 16.6 Å². The molecule has 0 spiro atoms. The molecule has 1 N–H and O–H groups in total. The molecule has 11 heteroatoms. The summed E-state index contributed by atoms with van der Waals surface area (Å²) in [7, 11) is -0.423. The third kappa shape index (κ3) is 9.02. The molecule has 1 aliphatic carbocycles. The van der Waals surface area contributed by atoms with Crippen molar-refractivity contribution in [1.29, 1.82) is 0 Å². The summed E-state index contributed by atoms with van der Waals surface area (Å²) in [6, 6.07) is 15.7. The Balaban J connectivity index is 1.34. The van der Waals surface area contributed by atoms with E-state index < -0.39 is 32.0 Å². The molecule has 9 nitrogen and oxygen atoms in total. The molecule has 0 saturated heterocycles. The van der Waals surface area contributed by atoms with Crippen LogP contribution in [0.1, 0.15) is 85.3 Å². The zero-order chi connectivity index (χ0) is 38.2. The minimum atomic E-state index is -2.09. The number of fused-ring (bicyclic) bond motifs is 3. The molecule has 0 radical (unpaired) electrons.